The second-order valence-corrected chi connectivity index (χ2v) is 10.4. The summed E-state index contributed by atoms with van der Waals surface area (Å²) in [6, 6.07) is 13.2. The Kier molecular flexibility index (Phi) is 6.49. The molecular formula is C27H31N3O3S. The Labute approximate surface area is 204 Å². The number of thiophene rings is 1. The van der Waals surface area contributed by atoms with Crippen molar-refractivity contribution in [3.8, 4) is 0 Å². The Morgan fingerprint density at radius 1 is 1.12 bits per heavy atom. The van der Waals surface area contributed by atoms with Crippen molar-refractivity contribution in [2.24, 2.45) is 0 Å². The SMILES string of the molecule is Cc1cc(C(=O)CN2C(=O)NC(C)(c3ccc(C(C)C)cc3)C2=O)c(C)n1CCc1cccs1. The molecule has 1 atom stereocenters. The number of aryl methyl sites for hydroxylation is 2. The molecule has 0 spiro atoms. The number of imide groups is 1. The molecule has 1 fully saturated rings. The summed E-state index contributed by atoms with van der Waals surface area (Å²) in [5, 5.41) is 4.86. The van der Waals surface area contributed by atoms with Gasteiger partial charge in [-0.1, -0.05) is 44.2 Å². The van der Waals surface area contributed by atoms with Gasteiger partial charge in [0.1, 0.15) is 5.54 Å². The van der Waals surface area contributed by atoms with Crippen molar-refractivity contribution in [2.75, 3.05) is 6.54 Å². The number of urea groups is 1. The van der Waals surface area contributed by atoms with Crippen LogP contribution >= 0.6 is 11.3 Å². The van der Waals surface area contributed by atoms with Gasteiger partial charge < -0.3 is 9.88 Å². The molecule has 1 aliphatic heterocycles. The smallest absolute Gasteiger partial charge is 0.325 e. The number of carbonyl (C=O) groups excluding carboxylic acids is 3. The molecule has 7 heteroatoms. The first-order valence-corrected chi connectivity index (χ1v) is 12.5. The fraction of sp³-hybridized carbons (Fsp3) is 0.370. The zero-order chi connectivity index (χ0) is 24.6. The number of carbonyl (C=O) groups is 3. The van der Waals surface area contributed by atoms with Crippen LogP contribution in [0.2, 0.25) is 0 Å². The van der Waals surface area contributed by atoms with Crippen LogP contribution < -0.4 is 5.32 Å². The second-order valence-electron chi connectivity index (χ2n) is 9.41. The summed E-state index contributed by atoms with van der Waals surface area (Å²) in [6.45, 7) is 10.3. The molecule has 1 saturated heterocycles. The van der Waals surface area contributed by atoms with E-state index in [9.17, 15) is 14.4 Å². The van der Waals surface area contributed by atoms with Crippen molar-refractivity contribution in [1.82, 2.24) is 14.8 Å². The van der Waals surface area contributed by atoms with Gasteiger partial charge in [0.2, 0.25) is 0 Å². The van der Waals surface area contributed by atoms with Gasteiger partial charge in [-0.2, -0.15) is 0 Å². The molecule has 6 nitrogen and oxygen atoms in total. The van der Waals surface area contributed by atoms with E-state index in [2.05, 4.69) is 35.2 Å². The maximum Gasteiger partial charge on any atom is 0.325 e. The summed E-state index contributed by atoms with van der Waals surface area (Å²) in [7, 11) is 0. The predicted molar refractivity (Wildman–Crippen MR) is 134 cm³/mol. The minimum absolute atomic E-state index is 0.238. The lowest BCUT2D eigenvalue weighted by Gasteiger charge is -2.22. The largest absolute Gasteiger partial charge is 0.348 e. The Hall–Kier alpha value is -3.19. The quantitative estimate of drug-likeness (QED) is 0.359. The van der Waals surface area contributed by atoms with E-state index in [0.717, 1.165) is 34.8 Å². The number of rotatable bonds is 8. The Morgan fingerprint density at radius 3 is 2.44 bits per heavy atom. The van der Waals surface area contributed by atoms with Gasteiger partial charge in [0, 0.05) is 28.4 Å². The zero-order valence-corrected chi connectivity index (χ0v) is 21.2. The molecule has 1 unspecified atom stereocenters. The summed E-state index contributed by atoms with van der Waals surface area (Å²) in [5.41, 5.74) is 3.08. The molecule has 2 aromatic heterocycles. The average Bonchev–Trinajstić information content (AvgIpc) is 3.48. The van der Waals surface area contributed by atoms with Crippen LogP contribution in [0.15, 0.2) is 47.8 Å². The number of Topliss-reactive ketones (excluding diaryl/α,β-unsaturated/α-hetero) is 1. The highest BCUT2D eigenvalue weighted by Gasteiger charge is 2.49. The van der Waals surface area contributed by atoms with Gasteiger partial charge in [0.05, 0.1) is 6.54 Å². The highest BCUT2D eigenvalue weighted by molar-refractivity contribution is 7.09. The van der Waals surface area contributed by atoms with Gasteiger partial charge in [-0.15, -0.1) is 11.3 Å². The molecule has 0 saturated carbocycles. The fourth-order valence-corrected chi connectivity index (χ4v) is 5.27. The minimum Gasteiger partial charge on any atom is -0.348 e. The molecule has 4 rings (SSSR count). The summed E-state index contributed by atoms with van der Waals surface area (Å²) in [6.07, 6.45) is 0.891. The first-order chi connectivity index (χ1) is 16.1. The monoisotopic (exact) mass is 477 g/mol. The fourth-order valence-electron chi connectivity index (χ4n) is 4.57. The molecule has 0 bridgehead atoms. The minimum atomic E-state index is -1.19. The van der Waals surface area contributed by atoms with Gasteiger partial charge in [-0.3, -0.25) is 14.5 Å². The normalized spacial score (nSPS) is 18.1. The van der Waals surface area contributed by atoms with Crippen molar-refractivity contribution in [2.45, 2.75) is 59.0 Å². The highest BCUT2D eigenvalue weighted by atomic mass is 32.1. The van der Waals surface area contributed by atoms with Crippen LogP contribution in [0.4, 0.5) is 4.79 Å². The van der Waals surface area contributed by atoms with Crippen molar-refractivity contribution in [3.63, 3.8) is 0 Å². The van der Waals surface area contributed by atoms with Crippen LogP contribution in [-0.4, -0.2) is 33.7 Å². The summed E-state index contributed by atoms with van der Waals surface area (Å²) in [4.78, 5) is 41.6. The van der Waals surface area contributed by atoms with Gasteiger partial charge >= 0.3 is 6.03 Å². The standard InChI is InChI=1S/C27H31N3O3S/c1-17(2)20-8-10-21(11-9-20)27(5)25(32)30(26(33)28-27)16-24(31)23-15-18(3)29(19(23)4)13-12-22-7-6-14-34-22/h6-11,14-15,17H,12-13,16H2,1-5H3,(H,28,33). The molecule has 1 aliphatic rings. The van der Waals surface area contributed by atoms with Crippen molar-refractivity contribution >= 4 is 29.1 Å². The molecule has 3 heterocycles. The molecule has 178 valence electrons. The third kappa shape index (κ3) is 4.32. The zero-order valence-electron chi connectivity index (χ0n) is 20.3. The van der Waals surface area contributed by atoms with E-state index >= 15 is 0 Å². The predicted octanol–water partition coefficient (Wildman–Crippen LogP) is 5.18. The van der Waals surface area contributed by atoms with Crippen molar-refractivity contribution in [3.05, 3.63) is 80.8 Å². The van der Waals surface area contributed by atoms with Gasteiger partial charge in [-0.05, 0) is 61.7 Å². The molecule has 1 N–H and O–H groups in total. The molecule has 34 heavy (non-hydrogen) atoms. The molecule has 0 aliphatic carbocycles. The third-order valence-electron chi connectivity index (χ3n) is 6.77. The number of nitrogens with one attached hydrogen (secondary N) is 1. The molecular weight excluding hydrogens is 446 g/mol. The van der Waals surface area contributed by atoms with E-state index < -0.39 is 17.5 Å². The molecule has 3 amide bonds. The van der Waals surface area contributed by atoms with Crippen LogP contribution in [0.3, 0.4) is 0 Å². The molecule has 0 radical (unpaired) electrons. The Bertz CT molecular complexity index is 1220. The first-order valence-electron chi connectivity index (χ1n) is 11.6. The van der Waals surface area contributed by atoms with Crippen molar-refractivity contribution in [1.29, 1.82) is 0 Å². The number of amides is 3. The lowest BCUT2D eigenvalue weighted by Crippen LogP contribution is -2.41. The number of benzene rings is 1. The number of aromatic nitrogens is 1. The third-order valence-corrected chi connectivity index (χ3v) is 7.70. The van der Waals surface area contributed by atoms with E-state index in [1.165, 1.54) is 4.88 Å². The Balaban J connectivity index is 1.50. The van der Waals surface area contributed by atoms with E-state index in [1.54, 1.807) is 18.3 Å². The highest BCUT2D eigenvalue weighted by Crippen LogP contribution is 2.30. The lowest BCUT2D eigenvalue weighted by atomic mass is 9.90. The van der Waals surface area contributed by atoms with Crippen LogP contribution in [0.5, 0.6) is 0 Å². The van der Waals surface area contributed by atoms with Gasteiger partial charge in [0.25, 0.3) is 5.91 Å². The van der Waals surface area contributed by atoms with E-state index in [4.69, 9.17) is 0 Å². The van der Waals surface area contributed by atoms with E-state index in [1.807, 2.05) is 50.2 Å². The lowest BCUT2D eigenvalue weighted by molar-refractivity contribution is -0.130. The number of hydrogen-bond donors (Lipinski definition) is 1. The Morgan fingerprint density at radius 2 is 1.82 bits per heavy atom. The number of ketones is 1. The first kappa shape index (κ1) is 24.0. The van der Waals surface area contributed by atoms with Gasteiger partial charge in [0.15, 0.2) is 5.78 Å². The van der Waals surface area contributed by atoms with E-state index in [0.29, 0.717) is 17.0 Å². The van der Waals surface area contributed by atoms with Crippen LogP contribution in [0, 0.1) is 13.8 Å². The summed E-state index contributed by atoms with van der Waals surface area (Å²) in [5.74, 6) is -0.276. The van der Waals surface area contributed by atoms with Crippen LogP contribution in [0.1, 0.15) is 64.4 Å². The average molecular weight is 478 g/mol. The molecule has 3 aromatic rings. The van der Waals surface area contributed by atoms with Crippen LogP contribution in [0.25, 0.3) is 0 Å². The van der Waals surface area contributed by atoms with Gasteiger partial charge in [-0.25, -0.2) is 4.79 Å². The number of nitrogens with zero attached hydrogens (tertiary/aromatic N) is 2. The van der Waals surface area contributed by atoms with Crippen LogP contribution in [-0.2, 0) is 23.3 Å². The second kappa shape index (κ2) is 9.22. The molecule has 1 aromatic carbocycles. The maximum atomic E-state index is 13.3. The van der Waals surface area contributed by atoms with E-state index in [-0.39, 0.29) is 12.3 Å². The maximum absolute atomic E-state index is 13.3. The van der Waals surface area contributed by atoms with Crippen molar-refractivity contribution < 1.29 is 14.4 Å². The number of hydrogen-bond acceptors (Lipinski definition) is 4. The summed E-state index contributed by atoms with van der Waals surface area (Å²) >= 11 is 1.72. The summed E-state index contributed by atoms with van der Waals surface area (Å²) < 4.78 is 2.12. The topological polar surface area (TPSA) is 71.4 Å².